The van der Waals surface area contributed by atoms with Crippen LogP contribution in [0.3, 0.4) is 0 Å². The molecule has 0 atom stereocenters. The van der Waals surface area contributed by atoms with Gasteiger partial charge in [0.1, 0.15) is 0 Å². The molecular formula is C25H17ClN2OS. The fourth-order valence-corrected chi connectivity index (χ4v) is 4.63. The van der Waals surface area contributed by atoms with Crippen molar-refractivity contribution in [2.45, 2.75) is 6.92 Å². The normalized spacial score (nSPS) is 16.7. The first kappa shape index (κ1) is 18.9. The molecule has 146 valence electrons. The van der Waals surface area contributed by atoms with E-state index in [0.717, 1.165) is 38.4 Å². The van der Waals surface area contributed by atoms with Crippen molar-refractivity contribution in [1.82, 2.24) is 5.32 Å². The number of amides is 1. The van der Waals surface area contributed by atoms with Crippen LogP contribution in [-0.2, 0) is 4.79 Å². The van der Waals surface area contributed by atoms with E-state index in [1.54, 1.807) is 0 Å². The maximum absolute atomic E-state index is 12.7. The second kappa shape index (κ2) is 7.63. The van der Waals surface area contributed by atoms with E-state index >= 15 is 0 Å². The molecule has 5 heteroatoms. The quantitative estimate of drug-likeness (QED) is 0.280. The number of carbonyl (C=O) groups is 1. The average molecular weight is 429 g/mol. The van der Waals surface area contributed by atoms with E-state index in [4.69, 9.17) is 11.6 Å². The van der Waals surface area contributed by atoms with Crippen LogP contribution in [0.2, 0.25) is 5.02 Å². The van der Waals surface area contributed by atoms with Crippen LogP contribution in [-0.4, -0.2) is 11.1 Å². The Kier molecular flexibility index (Phi) is 4.81. The summed E-state index contributed by atoms with van der Waals surface area (Å²) in [5.74, 6) is -0.143. The summed E-state index contributed by atoms with van der Waals surface area (Å²) in [5, 5.41) is 8.62. The number of nitrogens with one attached hydrogen (secondary N) is 1. The lowest BCUT2D eigenvalue weighted by atomic mass is 9.96. The molecule has 0 aromatic heterocycles. The summed E-state index contributed by atoms with van der Waals surface area (Å²) in [6, 6.07) is 24.3. The van der Waals surface area contributed by atoms with Crippen molar-refractivity contribution in [2.75, 3.05) is 0 Å². The molecule has 1 saturated heterocycles. The van der Waals surface area contributed by atoms with Crippen LogP contribution in [0.5, 0.6) is 0 Å². The van der Waals surface area contributed by atoms with Gasteiger partial charge in [-0.3, -0.25) is 4.79 Å². The summed E-state index contributed by atoms with van der Waals surface area (Å²) < 4.78 is 0. The number of hydrogen-bond acceptors (Lipinski definition) is 3. The van der Waals surface area contributed by atoms with Gasteiger partial charge in [0.2, 0.25) is 0 Å². The van der Waals surface area contributed by atoms with Gasteiger partial charge in [0.05, 0.1) is 10.6 Å². The molecule has 4 aromatic rings. The maximum atomic E-state index is 12.7. The fraction of sp³-hybridized carbons (Fsp3) is 0.0400. The molecule has 5 rings (SSSR count). The number of fused-ring (bicyclic) bond motifs is 2. The third kappa shape index (κ3) is 3.38. The Balaban J connectivity index is 1.61. The van der Waals surface area contributed by atoms with Crippen molar-refractivity contribution in [1.29, 1.82) is 0 Å². The third-order valence-electron chi connectivity index (χ3n) is 5.20. The van der Waals surface area contributed by atoms with E-state index in [-0.39, 0.29) is 5.91 Å². The largest absolute Gasteiger partial charge is 0.300 e. The van der Waals surface area contributed by atoms with Gasteiger partial charge < -0.3 is 5.32 Å². The zero-order valence-electron chi connectivity index (χ0n) is 16.1. The van der Waals surface area contributed by atoms with Gasteiger partial charge in [-0.25, -0.2) is 4.99 Å². The Hall–Kier alpha value is -3.08. The van der Waals surface area contributed by atoms with Gasteiger partial charge in [-0.1, -0.05) is 66.2 Å². The molecule has 1 aliphatic heterocycles. The maximum Gasteiger partial charge on any atom is 0.264 e. The minimum atomic E-state index is -0.143. The summed E-state index contributed by atoms with van der Waals surface area (Å²) in [6.07, 6.45) is 1.97. The number of thioether (sulfide) groups is 1. The minimum absolute atomic E-state index is 0.143. The van der Waals surface area contributed by atoms with E-state index in [1.165, 1.54) is 11.8 Å². The predicted octanol–water partition coefficient (Wildman–Crippen LogP) is 6.85. The number of carbonyl (C=O) groups excluding carboxylic acids is 1. The SMILES string of the molecule is Cc1c(Cl)cccc1N=C1NC(=O)/C(=C\c2c3ccccc3cc3ccccc23)S1. The van der Waals surface area contributed by atoms with Crippen LogP contribution in [0.4, 0.5) is 5.69 Å². The minimum Gasteiger partial charge on any atom is -0.300 e. The third-order valence-corrected chi connectivity index (χ3v) is 6.52. The van der Waals surface area contributed by atoms with Crippen molar-refractivity contribution in [3.05, 3.63) is 93.9 Å². The molecular weight excluding hydrogens is 412 g/mol. The van der Waals surface area contributed by atoms with Crippen LogP contribution >= 0.6 is 23.4 Å². The molecule has 0 aliphatic carbocycles. The summed E-state index contributed by atoms with van der Waals surface area (Å²) in [5.41, 5.74) is 2.68. The highest BCUT2D eigenvalue weighted by atomic mass is 35.5. The van der Waals surface area contributed by atoms with Crippen molar-refractivity contribution in [3.63, 3.8) is 0 Å². The Morgan fingerprint density at radius 2 is 1.60 bits per heavy atom. The number of rotatable bonds is 2. The highest BCUT2D eigenvalue weighted by molar-refractivity contribution is 8.18. The predicted molar refractivity (Wildman–Crippen MR) is 128 cm³/mol. The number of benzene rings is 4. The van der Waals surface area contributed by atoms with Crippen LogP contribution in [0.25, 0.3) is 27.6 Å². The molecule has 30 heavy (non-hydrogen) atoms. The summed E-state index contributed by atoms with van der Waals surface area (Å²) in [7, 11) is 0. The molecule has 1 N–H and O–H groups in total. The van der Waals surface area contributed by atoms with Crippen LogP contribution in [0.15, 0.2) is 82.7 Å². The van der Waals surface area contributed by atoms with Crippen molar-refractivity contribution >= 4 is 67.7 Å². The Morgan fingerprint density at radius 3 is 2.30 bits per heavy atom. The lowest BCUT2D eigenvalue weighted by Crippen LogP contribution is -2.19. The van der Waals surface area contributed by atoms with Gasteiger partial charge >= 0.3 is 0 Å². The molecule has 4 aromatic carbocycles. The Morgan fingerprint density at radius 1 is 0.933 bits per heavy atom. The molecule has 0 saturated carbocycles. The first-order valence-electron chi connectivity index (χ1n) is 9.55. The first-order chi connectivity index (χ1) is 14.6. The highest BCUT2D eigenvalue weighted by Gasteiger charge is 2.24. The second-order valence-corrected chi connectivity index (χ2v) is 8.54. The Bertz CT molecular complexity index is 1340. The lowest BCUT2D eigenvalue weighted by Gasteiger charge is -2.08. The van der Waals surface area contributed by atoms with Crippen molar-refractivity contribution in [3.8, 4) is 0 Å². The second-order valence-electron chi connectivity index (χ2n) is 7.10. The van der Waals surface area contributed by atoms with Crippen LogP contribution in [0.1, 0.15) is 11.1 Å². The topological polar surface area (TPSA) is 41.5 Å². The van der Waals surface area contributed by atoms with E-state index < -0.39 is 0 Å². The molecule has 0 bridgehead atoms. The Labute approximate surface area is 183 Å². The summed E-state index contributed by atoms with van der Waals surface area (Å²) in [6.45, 7) is 1.92. The van der Waals surface area contributed by atoms with Gasteiger partial charge in [0.25, 0.3) is 5.91 Å². The molecule has 3 nitrogen and oxygen atoms in total. The summed E-state index contributed by atoms with van der Waals surface area (Å²) >= 11 is 7.55. The molecule has 1 fully saturated rings. The average Bonchev–Trinajstić information content (AvgIpc) is 3.10. The van der Waals surface area contributed by atoms with Gasteiger partial charge in [0.15, 0.2) is 5.17 Å². The lowest BCUT2D eigenvalue weighted by molar-refractivity contribution is -0.115. The van der Waals surface area contributed by atoms with E-state index in [9.17, 15) is 4.79 Å². The molecule has 1 aliphatic rings. The van der Waals surface area contributed by atoms with E-state index in [1.807, 2.05) is 55.5 Å². The van der Waals surface area contributed by atoms with Crippen molar-refractivity contribution in [2.24, 2.45) is 4.99 Å². The van der Waals surface area contributed by atoms with E-state index in [2.05, 4.69) is 40.6 Å². The number of amidine groups is 1. The summed E-state index contributed by atoms with van der Waals surface area (Å²) in [4.78, 5) is 17.9. The molecule has 0 unspecified atom stereocenters. The monoisotopic (exact) mass is 428 g/mol. The number of aliphatic imine (C=N–C) groups is 1. The van der Waals surface area contributed by atoms with Crippen LogP contribution in [0, 0.1) is 6.92 Å². The highest BCUT2D eigenvalue weighted by Crippen LogP contribution is 2.35. The number of halogens is 1. The smallest absolute Gasteiger partial charge is 0.264 e. The van der Waals surface area contributed by atoms with Gasteiger partial charge in [0, 0.05) is 5.02 Å². The molecule has 0 spiro atoms. The van der Waals surface area contributed by atoms with Crippen LogP contribution < -0.4 is 5.32 Å². The van der Waals surface area contributed by atoms with Gasteiger partial charge in [-0.2, -0.15) is 0 Å². The number of nitrogens with zero attached hydrogens (tertiary/aromatic N) is 1. The first-order valence-corrected chi connectivity index (χ1v) is 10.7. The molecule has 1 amide bonds. The molecule has 1 heterocycles. The standard InChI is InChI=1S/C25H17ClN2OS/c1-15-21(26)11-6-12-22(15)27-25-28-24(29)23(30-25)14-20-18-9-4-2-7-16(18)13-17-8-3-5-10-19(17)20/h2-14H,1H3,(H,27,28,29)/b23-14+. The zero-order chi connectivity index (χ0) is 20.7. The van der Waals surface area contributed by atoms with Crippen molar-refractivity contribution < 1.29 is 4.79 Å². The fourth-order valence-electron chi connectivity index (χ4n) is 3.64. The number of hydrogen-bond donors (Lipinski definition) is 1. The zero-order valence-corrected chi connectivity index (χ0v) is 17.7. The molecule has 0 radical (unpaired) electrons. The van der Waals surface area contributed by atoms with Gasteiger partial charge in [-0.15, -0.1) is 0 Å². The van der Waals surface area contributed by atoms with E-state index in [0.29, 0.717) is 15.1 Å². The van der Waals surface area contributed by atoms with Gasteiger partial charge in [-0.05, 0) is 75.6 Å².